The fourth-order valence-corrected chi connectivity index (χ4v) is 6.26. The molecule has 0 aromatic heterocycles. The van der Waals surface area contributed by atoms with Crippen LogP contribution < -0.4 is 9.62 Å². The van der Waals surface area contributed by atoms with E-state index in [9.17, 15) is 28.1 Å². The number of anilines is 1. The standard InChI is InChI=1S/C33H33ClN4O6S/c1-2-21-35-33(40)31(22-25-9-5-3-6-10-25)36(23-26-13-15-27(34)16-14-26)32(39)24-37(28-17-19-29(20-18-28)38(41)42)45(43,44)30-11-7-4-8-12-30/h3-20,31H,2,21-24H2,1H3,(H,35,40)/t31-/m0/s1. The zero-order valence-electron chi connectivity index (χ0n) is 24.6. The lowest BCUT2D eigenvalue weighted by Crippen LogP contribution is -2.53. The second-order valence-electron chi connectivity index (χ2n) is 10.2. The third-order valence-electron chi connectivity index (χ3n) is 7.05. The van der Waals surface area contributed by atoms with Crippen molar-refractivity contribution >= 4 is 44.8 Å². The number of carbonyl (C=O) groups is 2. The molecule has 0 saturated carbocycles. The topological polar surface area (TPSA) is 130 Å². The van der Waals surface area contributed by atoms with Crippen molar-refractivity contribution in [1.29, 1.82) is 0 Å². The molecule has 2 amide bonds. The second kappa shape index (κ2) is 15.3. The van der Waals surface area contributed by atoms with Gasteiger partial charge >= 0.3 is 0 Å². The van der Waals surface area contributed by atoms with E-state index >= 15 is 0 Å². The summed E-state index contributed by atoms with van der Waals surface area (Å²) in [5, 5.41) is 14.7. The maximum Gasteiger partial charge on any atom is 0.269 e. The van der Waals surface area contributed by atoms with E-state index < -0.39 is 33.4 Å². The summed E-state index contributed by atoms with van der Waals surface area (Å²) in [7, 11) is -4.32. The van der Waals surface area contributed by atoms with Gasteiger partial charge in [-0.15, -0.1) is 0 Å². The number of sulfonamides is 1. The lowest BCUT2D eigenvalue weighted by atomic mass is 10.0. The number of rotatable bonds is 14. The normalized spacial score (nSPS) is 11.8. The van der Waals surface area contributed by atoms with E-state index in [0.29, 0.717) is 23.6 Å². The highest BCUT2D eigenvalue weighted by atomic mass is 35.5. The molecular formula is C33H33ClN4O6S. The van der Waals surface area contributed by atoms with Gasteiger partial charge in [0.05, 0.1) is 15.5 Å². The van der Waals surface area contributed by atoms with Crippen LogP contribution in [0.2, 0.25) is 5.02 Å². The predicted octanol–water partition coefficient (Wildman–Crippen LogP) is 5.61. The molecule has 4 rings (SSSR count). The van der Waals surface area contributed by atoms with Crippen molar-refractivity contribution < 1.29 is 22.9 Å². The van der Waals surface area contributed by atoms with Crippen LogP contribution in [0.4, 0.5) is 11.4 Å². The summed E-state index contributed by atoms with van der Waals surface area (Å²) < 4.78 is 28.8. The van der Waals surface area contributed by atoms with Crippen molar-refractivity contribution in [2.24, 2.45) is 0 Å². The molecule has 45 heavy (non-hydrogen) atoms. The van der Waals surface area contributed by atoms with Crippen LogP contribution in [0.1, 0.15) is 24.5 Å². The maximum absolute atomic E-state index is 14.4. The first-order valence-corrected chi connectivity index (χ1v) is 16.1. The van der Waals surface area contributed by atoms with E-state index in [4.69, 9.17) is 11.6 Å². The van der Waals surface area contributed by atoms with Crippen molar-refractivity contribution in [2.75, 3.05) is 17.4 Å². The molecule has 0 spiro atoms. The molecule has 0 saturated heterocycles. The monoisotopic (exact) mass is 648 g/mol. The molecule has 4 aromatic carbocycles. The third kappa shape index (κ3) is 8.68. The number of halogens is 1. The minimum atomic E-state index is -4.32. The Hall–Kier alpha value is -4.74. The van der Waals surface area contributed by atoms with Gasteiger partial charge in [-0.2, -0.15) is 0 Å². The molecule has 1 N–H and O–H groups in total. The molecule has 1 atom stereocenters. The minimum absolute atomic E-state index is 0.00741. The number of nitrogens with one attached hydrogen (secondary N) is 1. The maximum atomic E-state index is 14.4. The molecule has 0 radical (unpaired) electrons. The number of non-ortho nitro benzene ring substituents is 1. The Bertz CT molecular complexity index is 1700. The first-order valence-electron chi connectivity index (χ1n) is 14.3. The van der Waals surface area contributed by atoms with Gasteiger partial charge in [-0.3, -0.25) is 24.0 Å². The van der Waals surface area contributed by atoms with E-state index in [2.05, 4.69) is 5.32 Å². The number of amides is 2. The fourth-order valence-electron chi connectivity index (χ4n) is 4.70. The first kappa shape index (κ1) is 33.2. The summed E-state index contributed by atoms with van der Waals surface area (Å²) in [4.78, 5) is 40.0. The number of nitro groups is 1. The molecule has 0 aliphatic rings. The Kier molecular flexibility index (Phi) is 11.3. The summed E-state index contributed by atoms with van der Waals surface area (Å²) >= 11 is 6.10. The number of hydrogen-bond acceptors (Lipinski definition) is 6. The summed E-state index contributed by atoms with van der Waals surface area (Å²) in [6, 6.07) is 27.6. The van der Waals surface area contributed by atoms with Crippen molar-refractivity contribution in [3.8, 4) is 0 Å². The zero-order chi connectivity index (χ0) is 32.4. The van der Waals surface area contributed by atoms with Gasteiger partial charge in [-0.05, 0) is 53.9 Å². The van der Waals surface area contributed by atoms with E-state index in [1.54, 1.807) is 42.5 Å². The second-order valence-corrected chi connectivity index (χ2v) is 12.5. The Morgan fingerprint density at radius 2 is 1.47 bits per heavy atom. The van der Waals surface area contributed by atoms with Crippen LogP contribution in [0, 0.1) is 10.1 Å². The first-order chi connectivity index (χ1) is 21.6. The lowest BCUT2D eigenvalue weighted by molar-refractivity contribution is -0.384. The molecule has 0 bridgehead atoms. The van der Waals surface area contributed by atoms with Crippen LogP contribution in [-0.4, -0.2) is 49.2 Å². The van der Waals surface area contributed by atoms with Gasteiger partial charge in [-0.1, -0.05) is 79.2 Å². The molecule has 10 nitrogen and oxygen atoms in total. The van der Waals surface area contributed by atoms with Crippen LogP contribution in [0.3, 0.4) is 0 Å². The molecule has 0 heterocycles. The summed E-state index contributed by atoms with van der Waals surface area (Å²) in [5.74, 6) is -1.02. The quantitative estimate of drug-likeness (QED) is 0.140. The number of hydrogen-bond donors (Lipinski definition) is 1. The van der Waals surface area contributed by atoms with Gasteiger partial charge in [-0.25, -0.2) is 8.42 Å². The van der Waals surface area contributed by atoms with Gasteiger partial charge in [0.15, 0.2) is 0 Å². The number of nitro benzene ring substituents is 1. The summed E-state index contributed by atoms with van der Waals surface area (Å²) in [6.07, 6.45) is 0.858. The van der Waals surface area contributed by atoms with E-state index in [1.165, 1.54) is 41.3 Å². The highest BCUT2D eigenvalue weighted by Gasteiger charge is 2.34. The highest BCUT2D eigenvalue weighted by Crippen LogP contribution is 2.27. The van der Waals surface area contributed by atoms with Gasteiger partial charge in [0, 0.05) is 36.7 Å². The molecule has 4 aromatic rings. The van der Waals surface area contributed by atoms with Crippen molar-refractivity contribution in [3.05, 3.63) is 135 Å². The summed E-state index contributed by atoms with van der Waals surface area (Å²) in [6.45, 7) is 1.63. The predicted molar refractivity (Wildman–Crippen MR) is 173 cm³/mol. The largest absolute Gasteiger partial charge is 0.354 e. The van der Waals surface area contributed by atoms with Gasteiger partial charge in [0.25, 0.3) is 15.7 Å². The number of nitrogens with zero attached hydrogens (tertiary/aromatic N) is 3. The van der Waals surface area contributed by atoms with Crippen molar-refractivity contribution in [3.63, 3.8) is 0 Å². The molecule has 0 aliphatic heterocycles. The van der Waals surface area contributed by atoms with Crippen LogP contribution in [0.15, 0.2) is 114 Å². The lowest BCUT2D eigenvalue weighted by Gasteiger charge is -2.34. The SMILES string of the molecule is CCCNC(=O)[C@H](Cc1ccccc1)N(Cc1ccc(Cl)cc1)C(=O)CN(c1ccc([N+](=O)[O-])cc1)S(=O)(=O)c1ccccc1. The third-order valence-corrected chi connectivity index (χ3v) is 9.09. The molecular weight excluding hydrogens is 616 g/mol. The average Bonchev–Trinajstić information content (AvgIpc) is 3.05. The highest BCUT2D eigenvalue weighted by molar-refractivity contribution is 7.92. The molecule has 12 heteroatoms. The number of benzene rings is 4. The Labute approximate surface area is 267 Å². The van der Waals surface area contributed by atoms with Gasteiger partial charge in [0.2, 0.25) is 11.8 Å². The minimum Gasteiger partial charge on any atom is -0.354 e. The van der Waals surface area contributed by atoms with Gasteiger partial charge < -0.3 is 10.2 Å². The molecule has 234 valence electrons. The van der Waals surface area contributed by atoms with E-state index in [-0.39, 0.29) is 35.1 Å². The van der Waals surface area contributed by atoms with Crippen LogP contribution in [0.25, 0.3) is 0 Å². The number of carbonyl (C=O) groups excluding carboxylic acids is 2. The Morgan fingerprint density at radius 1 is 0.867 bits per heavy atom. The van der Waals surface area contributed by atoms with Crippen LogP contribution in [0.5, 0.6) is 0 Å². The Balaban J connectivity index is 1.79. The van der Waals surface area contributed by atoms with Crippen LogP contribution >= 0.6 is 11.6 Å². The van der Waals surface area contributed by atoms with Crippen molar-refractivity contribution in [2.45, 2.75) is 37.2 Å². The van der Waals surface area contributed by atoms with Crippen molar-refractivity contribution in [1.82, 2.24) is 10.2 Å². The smallest absolute Gasteiger partial charge is 0.269 e. The van der Waals surface area contributed by atoms with Gasteiger partial charge in [0.1, 0.15) is 12.6 Å². The molecule has 0 fully saturated rings. The van der Waals surface area contributed by atoms with Crippen LogP contribution in [-0.2, 0) is 32.6 Å². The summed E-state index contributed by atoms with van der Waals surface area (Å²) in [5.41, 5.74) is 1.32. The Morgan fingerprint density at radius 3 is 2.04 bits per heavy atom. The molecule has 0 aliphatic carbocycles. The van der Waals surface area contributed by atoms with E-state index in [1.807, 2.05) is 37.3 Å². The average molecular weight is 649 g/mol. The molecule has 0 unspecified atom stereocenters. The van der Waals surface area contributed by atoms with E-state index in [0.717, 1.165) is 9.87 Å². The fraction of sp³-hybridized carbons (Fsp3) is 0.212. The zero-order valence-corrected chi connectivity index (χ0v) is 26.2.